The van der Waals surface area contributed by atoms with E-state index in [0.29, 0.717) is 0 Å². The van der Waals surface area contributed by atoms with Crippen LogP contribution in [0.1, 0.15) is 103 Å². The van der Waals surface area contributed by atoms with Gasteiger partial charge >= 0.3 is 0 Å². The summed E-state index contributed by atoms with van der Waals surface area (Å²) in [5.41, 5.74) is 11.0. The number of hydrogen-bond donors (Lipinski definition) is 0. The second kappa shape index (κ2) is 18.0. The Hall–Kier alpha value is -3.78. The lowest BCUT2D eigenvalue weighted by molar-refractivity contribution is 0.442. The van der Waals surface area contributed by atoms with Crippen LogP contribution in [0, 0.1) is 11.8 Å². The molecule has 7 heteroatoms. The van der Waals surface area contributed by atoms with Crippen molar-refractivity contribution in [2.24, 2.45) is 11.8 Å². The number of nitrogens with zero attached hydrogens (tertiary/aromatic N) is 4. The third-order valence-electron chi connectivity index (χ3n) is 11.0. The van der Waals surface area contributed by atoms with Crippen LogP contribution >= 0.6 is 34.4 Å². The van der Waals surface area contributed by atoms with Crippen LogP contribution in [0.25, 0.3) is 63.8 Å². The molecule has 4 heterocycles. The van der Waals surface area contributed by atoms with Crippen LogP contribution in [0.15, 0.2) is 85.2 Å². The van der Waals surface area contributed by atoms with Crippen molar-refractivity contribution in [3.63, 3.8) is 0 Å². The van der Waals surface area contributed by atoms with Crippen molar-refractivity contribution in [1.29, 1.82) is 0 Å². The maximum atomic E-state index is 4.94. The van der Waals surface area contributed by atoms with Crippen molar-refractivity contribution in [2.45, 2.75) is 105 Å². The van der Waals surface area contributed by atoms with Gasteiger partial charge in [0.25, 0.3) is 0 Å². The standard InChI is InChI=1S/C46H52N4S3/c1-5-9-11-13-31(7-3)29-33-15-19-35(20-16-33)37-23-25-39(51-37)41-43-44(48-28-27-47-43)42(46-45(41)49-53-50-46)40-26-24-38(52-40)36-21-17-34(18-22-36)30-32(8-4)14-12-10-6-2/h15-28,31-32H,5-14,29-30H2,1-4H3. The zero-order valence-electron chi connectivity index (χ0n) is 31.7. The van der Waals surface area contributed by atoms with Crippen molar-refractivity contribution < 1.29 is 0 Å². The van der Waals surface area contributed by atoms with E-state index >= 15 is 0 Å². The van der Waals surface area contributed by atoms with Gasteiger partial charge in [-0.2, -0.15) is 8.75 Å². The summed E-state index contributed by atoms with van der Waals surface area (Å²) in [7, 11) is 0. The highest BCUT2D eigenvalue weighted by Gasteiger charge is 2.24. The summed E-state index contributed by atoms with van der Waals surface area (Å²) in [4.78, 5) is 14.7. The highest BCUT2D eigenvalue weighted by atomic mass is 32.1. The Morgan fingerprint density at radius 1 is 0.472 bits per heavy atom. The van der Waals surface area contributed by atoms with E-state index in [4.69, 9.17) is 18.7 Å². The van der Waals surface area contributed by atoms with Gasteiger partial charge in [-0.1, -0.05) is 140 Å². The summed E-state index contributed by atoms with van der Waals surface area (Å²) in [5.74, 6) is 1.53. The van der Waals surface area contributed by atoms with E-state index in [0.717, 1.165) is 54.8 Å². The first-order valence-corrected chi connectivity index (χ1v) is 22.2. The van der Waals surface area contributed by atoms with E-state index in [1.54, 1.807) is 35.1 Å². The van der Waals surface area contributed by atoms with Crippen LogP contribution in [0.3, 0.4) is 0 Å². The molecule has 0 aliphatic carbocycles. The molecule has 0 fully saturated rings. The van der Waals surface area contributed by atoms with Crippen LogP contribution in [-0.4, -0.2) is 18.7 Å². The molecular formula is C46H52N4S3. The van der Waals surface area contributed by atoms with Crippen molar-refractivity contribution in [2.75, 3.05) is 0 Å². The second-order valence-electron chi connectivity index (χ2n) is 14.6. The molecule has 53 heavy (non-hydrogen) atoms. The summed E-state index contributed by atoms with van der Waals surface area (Å²) in [6.45, 7) is 9.24. The quantitative estimate of drug-likeness (QED) is 0.0818. The predicted octanol–water partition coefficient (Wildman–Crippen LogP) is 14.7. The Labute approximate surface area is 328 Å². The lowest BCUT2D eigenvalue weighted by atomic mass is 9.91. The first-order valence-electron chi connectivity index (χ1n) is 19.9. The van der Waals surface area contributed by atoms with Crippen molar-refractivity contribution >= 4 is 56.5 Å². The molecule has 0 radical (unpaired) electrons. The molecule has 2 unspecified atom stereocenters. The number of aromatic nitrogens is 4. The molecule has 0 aliphatic heterocycles. The molecule has 0 N–H and O–H groups in total. The highest BCUT2D eigenvalue weighted by Crippen LogP contribution is 2.46. The van der Waals surface area contributed by atoms with Gasteiger partial charge in [-0.05, 0) is 71.2 Å². The van der Waals surface area contributed by atoms with E-state index in [9.17, 15) is 0 Å². The fraction of sp³-hybridized carbons (Fsp3) is 0.391. The van der Waals surface area contributed by atoms with Gasteiger partial charge in [0.1, 0.15) is 22.1 Å². The minimum Gasteiger partial charge on any atom is -0.252 e. The van der Waals surface area contributed by atoms with Crippen LogP contribution in [0.5, 0.6) is 0 Å². The predicted molar refractivity (Wildman–Crippen MR) is 231 cm³/mol. The highest BCUT2D eigenvalue weighted by molar-refractivity contribution is 7.19. The summed E-state index contributed by atoms with van der Waals surface area (Å²) in [6.07, 6.45) is 19.0. The lowest BCUT2D eigenvalue weighted by Crippen LogP contribution is -2.03. The van der Waals surface area contributed by atoms with E-state index < -0.39 is 0 Å². The molecule has 2 atom stereocenters. The van der Waals surface area contributed by atoms with Crippen LogP contribution in [0.2, 0.25) is 0 Å². The maximum absolute atomic E-state index is 4.94. The van der Waals surface area contributed by atoms with E-state index in [-0.39, 0.29) is 0 Å². The molecule has 0 amide bonds. The first-order chi connectivity index (χ1) is 26.1. The van der Waals surface area contributed by atoms with Crippen LogP contribution in [-0.2, 0) is 12.8 Å². The molecular weight excluding hydrogens is 705 g/mol. The third kappa shape index (κ3) is 8.64. The molecule has 0 bridgehead atoms. The average molecular weight is 757 g/mol. The average Bonchev–Trinajstić information content (AvgIpc) is 3.99. The number of fused-ring (bicyclic) bond motifs is 2. The smallest absolute Gasteiger partial charge is 0.116 e. The van der Waals surface area contributed by atoms with E-state index in [1.165, 1.54) is 121 Å². The van der Waals surface area contributed by atoms with Crippen LogP contribution < -0.4 is 0 Å². The Kier molecular flexibility index (Phi) is 12.8. The zero-order chi connectivity index (χ0) is 36.6. The molecule has 7 rings (SSSR count). The molecule has 0 saturated carbocycles. The number of hydrogen-bond acceptors (Lipinski definition) is 7. The van der Waals surface area contributed by atoms with Gasteiger partial charge in [0, 0.05) is 43.0 Å². The molecule has 7 aromatic rings. The van der Waals surface area contributed by atoms with Gasteiger partial charge in [-0.25, -0.2) is 0 Å². The second-order valence-corrected chi connectivity index (χ2v) is 17.3. The Bertz CT molecular complexity index is 2050. The third-order valence-corrected chi connectivity index (χ3v) is 13.8. The SMILES string of the molecule is CCCCCC(CC)Cc1ccc(-c2ccc(-c3c4nccnc4c(-c4ccc(-c5ccc(CC(CC)CCCCC)cc5)s4)c4nsnc34)s2)cc1. The van der Waals surface area contributed by atoms with E-state index in [1.807, 2.05) is 0 Å². The van der Waals surface area contributed by atoms with Crippen molar-refractivity contribution in [3.8, 4) is 41.8 Å². The molecule has 4 aromatic heterocycles. The summed E-state index contributed by atoms with van der Waals surface area (Å²) >= 11 is 4.86. The molecule has 3 aromatic carbocycles. The minimum atomic E-state index is 0.767. The molecule has 0 spiro atoms. The number of unbranched alkanes of at least 4 members (excludes halogenated alkanes) is 4. The molecule has 4 nitrogen and oxygen atoms in total. The molecule has 0 aliphatic rings. The number of benzene rings is 3. The minimum absolute atomic E-state index is 0.767. The topological polar surface area (TPSA) is 51.6 Å². The Morgan fingerprint density at radius 2 is 0.887 bits per heavy atom. The summed E-state index contributed by atoms with van der Waals surface area (Å²) in [6, 6.07) is 27.4. The lowest BCUT2D eigenvalue weighted by Gasteiger charge is -2.15. The van der Waals surface area contributed by atoms with Crippen LogP contribution in [0.4, 0.5) is 0 Å². The Balaban J connectivity index is 1.15. The van der Waals surface area contributed by atoms with Gasteiger partial charge in [0.05, 0.1) is 11.7 Å². The van der Waals surface area contributed by atoms with Gasteiger partial charge in [-0.3, -0.25) is 9.97 Å². The molecule has 274 valence electrons. The van der Waals surface area contributed by atoms with Gasteiger partial charge in [-0.15, -0.1) is 22.7 Å². The van der Waals surface area contributed by atoms with Gasteiger partial charge in [0.15, 0.2) is 0 Å². The first kappa shape index (κ1) is 37.5. The normalized spacial score (nSPS) is 12.9. The van der Waals surface area contributed by atoms with E-state index in [2.05, 4.69) is 100 Å². The number of rotatable bonds is 18. The van der Waals surface area contributed by atoms with Crippen molar-refractivity contribution in [1.82, 2.24) is 18.7 Å². The van der Waals surface area contributed by atoms with Gasteiger partial charge in [0.2, 0.25) is 0 Å². The maximum Gasteiger partial charge on any atom is 0.116 e. The summed E-state index contributed by atoms with van der Waals surface area (Å²) in [5, 5.41) is 0. The fourth-order valence-corrected chi connectivity index (χ4v) is 10.4. The fourth-order valence-electron chi connectivity index (χ4n) is 7.71. The molecule has 0 saturated heterocycles. The van der Waals surface area contributed by atoms with Crippen molar-refractivity contribution in [3.05, 3.63) is 96.3 Å². The Morgan fingerprint density at radius 3 is 1.28 bits per heavy atom. The zero-order valence-corrected chi connectivity index (χ0v) is 34.2. The monoisotopic (exact) mass is 756 g/mol. The van der Waals surface area contributed by atoms with Gasteiger partial charge < -0.3 is 0 Å². The number of thiophene rings is 2. The summed E-state index contributed by atoms with van der Waals surface area (Å²) < 4.78 is 9.78. The largest absolute Gasteiger partial charge is 0.252 e.